The van der Waals surface area contributed by atoms with Gasteiger partial charge in [0, 0.05) is 12.1 Å². The van der Waals surface area contributed by atoms with Crippen LogP contribution in [0.4, 0.5) is 14.5 Å². The van der Waals surface area contributed by atoms with E-state index in [1.165, 1.54) is 0 Å². The number of rotatable bonds is 3. The van der Waals surface area contributed by atoms with Gasteiger partial charge in [0.15, 0.2) is 0 Å². The molecule has 0 aromatic heterocycles. The van der Waals surface area contributed by atoms with Gasteiger partial charge in [-0.05, 0) is 18.9 Å². The fourth-order valence-electron chi connectivity index (χ4n) is 1.72. The summed E-state index contributed by atoms with van der Waals surface area (Å²) in [6.45, 7) is 0. The third kappa shape index (κ3) is 2.45. The molecule has 2 rings (SSSR count). The molecule has 0 amide bonds. The van der Waals surface area contributed by atoms with Gasteiger partial charge in [-0.15, -0.1) is 0 Å². The smallest absolute Gasteiger partial charge is 0.243 e. The zero-order chi connectivity index (χ0) is 13.5. The Morgan fingerprint density at radius 1 is 1.28 bits per heavy atom. The molecule has 0 spiro atoms. The second kappa shape index (κ2) is 4.45. The quantitative estimate of drug-likeness (QED) is 0.696. The van der Waals surface area contributed by atoms with Gasteiger partial charge < -0.3 is 10.8 Å². The van der Waals surface area contributed by atoms with E-state index in [9.17, 15) is 17.2 Å². The zero-order valence-corrected chi connectivity index (χ0v) is 10.0. The molecule has 4 N–H and O–H groups in total. The Morgan fingerprint density at radius 3 is 2.44 bits per heavy atom. The maximum absolute atomic E-state index is 13.4. The van der Waals surface area contributed by atoms with Gasteiger partial charge in [0.2, 0.25) is 10.0 Å². The Morgan fingerprint density at radius 2 is 1.89 bits per heavy atom. The lowest BCUT2D eigenvalue weighted by Crippen LogP contribution is -2.46. The molecule has 1 aromatic rings. The number of hydrogen-bond donors (Lipinski definition) is 3. The van der Waals surface area contributed by atoms with Crippen molar-refractivity contribution < 1.29 is 22.3 Å². The van der Waals surface area contributed by atoms with E-state index in [1.54, 1.807) is 0 Å². The minimum atomic E-state index is -4.10. The van der Waals surface area contributed by atoms with Crippen LogP contribution in [0.3, 0.4) is 0 Å². The van der Waals surface area contributed by atoms with E-state index in [4.69, 9.17) is 10.8 Å². The van der Waals surface area contributed by atoms with Crippen LogP contribution in [0.15, 0.2) is 17.0 Å². The van der Waals surface area contributed by atoms with Crippen LogP contribution in [-0.4, -0.2) is 25.7 Å². The van der Waals surface area contributed by atoms with E-state index < -0.39 is 44.4 Å². The molecule has 0 heterocycles. The Bertz CT molecular complexity index is 571. The molecule has 0 radical (unpaired) electrons. The van der Waals surface area contributed by atoms with Gasteiger partial charge in [-0.25, -0.2) is 21.9 Å². The second-order valence-electron chi connectivity index (χ2n) is 4.25. The first-order valence-corrected chi connectivity index (χ1v) is 6.73. The summed E-state index contributed by atoms with van der Waals surface area (Å²) in [5.74, 6) is -2.21. The third-order valence-electron chi connectivity index (χ3n) is 2.78. The van der Waals surface area contributed by atoms with Crippen molar-refractivity contribution in [2.45, 2.75) is 29.9 Å². The topological polar surface area (TPSA) is 92.4 Å². The van der Waals surface area contributed by atoms with Crippen LogP contribution in [0.2, 0.25) is 0 Å². The molecule has 18 heavy (non-hydrogen) atoms. The van der Waals surface area contributed by atoms with Gasteiger partial charge in [0.25, 0.3) is 0 Å². The van der Waals surface area contributed by atoms with E-state index in [-0.39, 0.29) is 12.8 Å². The molecule has 1 fully saturated rings. The number of nitrogens with two attached hydrogens (primary N) is 1. The molecule has 0 bridgehead atoms. The summed E-state index contributed by atoms with van der Waals surface area (Å²) in [4.78, 5) is -0.692. The van der Waals surface area contributed by atoms with Crippen LogP contribution in [0.5, 0.6) is 0 Å². The van der Waals surface area contributed by atoms with E-state index in [2.05, 4.69) is 4.72 Å². The van der Waals surface area contributed by atoms with Gasteiger partial charge in [-0.2, -0.15) is 0 Å². The van der Waals surface area contributed by atoms with Crippen molar-refractivity contribution in [1.29, 1.82) is 0 Å². The van der Waals surface area contributed by atoms with Crippen molar-refractivity contribution in [1.82, 2.24) is 4.72 Å². The highest BCUT2D eigenvalue weighted by atomic mass is 32.2. The van der Waals surface area contributed by atoms with Crippen LogP contribution in [0.1, 0.15) is 12.8 Å². The predicted molar refractivity (Wildman–Crippen MR) is 60.1 cm³/mol. The Labute approximate surface area is 103 Å². The van der Waals surface area contributed by atoms with Crippen molar-refractivity contribution in [2.75, 3.05) is 5.73 Å². The number of halogens is 2. The molecule has 1 aliphatic carbocycles. The second-order valence-corrected chi connectivity index (χ2v) is 5.93. The molecule has 0 aliphatic heterocycles. The van der Waals surface area contributed by atoms with Crippen molar-refractivity contribution >= 4 is 15.7 Å². The summed E-state index contributed by atoms with van der Waals surface area (Å²) in [6.07, 6.45) is 0.00975. The van der Waals surface area contributed by atoms with E-state index in [0.29, 0.717) is 6.07 Å². The van der Waals surface area contributed by atoms with Crippen LogP contribution in [-0.2, 0) is 10.0 Å². The number of aliphatic hydroxyl groups excluding tert-OH is 1. The highest BCUT2D eigenvalue weighted by molar-refractivity contribution is 7.89. The molecular formula is C10H12F2N2O3S. The molecule has 1 aliphatic rings. The average Bonchev–Trinajstić information content (AvgIpc) is 2.20. The van der Waals surface area contributed by atoms with Crippen LogP contribution < -0.4 is 10.5 Å². The Balaban J connectivity index is 2.27. The highest BCUT2D eigenvalue weighted by Crippen LogP contribution is 2.25. The molecule has 5 nitrogen and oxygen atoms in total. The largest absolute Gasteiger partial charge is 0.396 e. The Hall–Kier alpha value is -1.25. The zero-order valence-electron chi connectivity index (χ0n) is 9.23. The van der Waals surface area contributed by atoms with Crippen LogP contribution in [0, 0.1) is 11.6 Å². The fourth-order valence-corrected chi connectivity index (χ4v) is 3.07. The summed E-state index contributed by atoms with van der Waals surface area (Å²) in [5.41, 5.74) is 4.77. The van der Waals surface area contributed by atoms with Crippen molar-refractivity contribution in [3.05, 3.63) is 23.8 Å². The number of hydrogen-bond acceptors (Lipinski definition) is 4. The lowest BCUT2D eigenvalue weighted by Gasteiger charge is -2.31. The average molecular weight is 278 g/mol. The predicted octanol–water partition coefficient (Wildman–Crippen LogP) is 0.349. The lowest BCUT2D eigenvalue weighted by atomic mass is 9.91. The third-order valence-corrected chi connectivity index (χ3v) is 4.31. The maximum atomic E-state index is 13.4. The fraction of sp³-hybridized carbons (Fsp3) is 0.400. The first-order chi connectivity index (χ1) is 8.29. The molecule has 1 saturated carbocycles. The standard InChI is InChI=1S/C10H12F2N2O3S/c11-7-3-8(12)10(4-9(7)13)18(16,17)14-5-1-6(15)2-5/h3-6,14-15H,1-2,13H2. The van der Waals surface area contributed by atoms with E-state index in [0.717, 1.165) is 6.07 Å². The SMILES string of the molecule is Nc1cc(S(=O)(=O)NC2CC(O)C2)c(F)cc1F. The normalized spacial score (nSPS) is 23.7. The number of nitrogens with one attached hydrogen (secondary N) is 1. The van der Waals surface area contributed by atoms with Gasteiger partial charge >= 0.3 is 0 Å². The molecule has 8 heteroatoms. The van der Waals surface area contributed by atoms with Crippen LogP contribution in [0.25, 0.3) is 0 Å². The minimum absolute atomic E-state index is 0.275. The lowest BCUT2D eigenvalue weighted by molar-refractivity contribution is 0.0712. The minimum Gasteiger partial charge on any atom is -0.396 e. The molecular weight excluding hydrogens is 266 g/mol. The monoisotopic (exact) mass is 278 g/mol. The number of aliphatic hydroxyl groups is 1. The van der Waals surface area contributed by atoms with Crippen molar-refractivity contribution in [2.24, 2.45) is 0 Å². The number of nitrogen functional groups attached to an aromatic ring is 1. The first-order valence-electron chi connectivity index (χ1n) is 5.24. The summed E-state index contributed by atoms with van der Waals surface area (Å²) >= 11 is 0. The molecule has 0 saturated heterocycles. The highest BCUT2D eigenvalue weighted by Gasteiger charge is 2.32. The molecule has 1 aromatic carbocycles. The molecule has 0 atom stereocenters. The van der Waals surface area contributed by atoms with Crippen molar-refractivity contribution in [3.63, 3.8) is 0 Å². The Kier molecular flexibility index (Phi) is 3.26. The van der Waals surface area contributed by atoms with Gasteiger partial charge in [-0.1, -0.05) is 0 Å². The van der Waals surface area contributed by atoms with Gasteiger partial charge in [0.05, 0.1) is 11.8 Å². The van der Waals surface area contributed by atoms with Gasteiger partial charge in [-0.3, -0.25) is 0 Å². The number of anilines is 1. The first kappa shape index (κ1) is 13.2. The number of sulfonamides is 1. The molecule has 100 valence electrons. The van der Waals surface area contributed by atoms with E-state index in [1.807, 2.05) is 0 Å². The molecule has 0 unspecified atom stereocenters. The summed E-state index contributed by atoms with van der Waals surface area (Å²) in [6, 6.07) is 0.734. The van der Waals surface area contributed by atoms with Crippen LogP contribution >= 0.6 is 0 Å². The summed E-state index contributed by atoms with van der Waals surface area (Å²) < 4.78 is 52.2. The summed E-state index contributed by atoms with van der Waals surface area (Å²) in [7, 11) is -4.10. The van der Waals surface area contributed by atoms with Gasteiger partial charge in [0.1, 0.15) is 16.5 Å². The number of benzene rings is 1. The van der Waals surface area contributed by atoms with Crippen molar-refractivity contribution in [3.8, 4) is 0 Å². The van der Waals surface area contributed by atoms with E-state index >= 15 is 0 Å². The summed E-state index contributed by atoms with van der Waals surface area (Å²) in [5, 5.41) is 9.04. The maximum Gasteiger partial charge on any atom is 0.243 e.